The van der Waals surface area contributed by atoms with Gasteiger partial charge in [-0.3, -0.25) is 0 Å². The van der Waals surface area contributed by atoms with Gasteiger partial charge in [0.1, 0.15) is 0 Å². The summed E-state index contributed by atoms with van der Waals surface area (Å²) >= 11 is 0. The maximum Gasteiger partial charge on any atom is 0.407 e. The highest BCUT2D eigenvalue weighted by Gasteiger charge is 2.36. The number of rotatable bonds is 7. The van der Waals surface area contributed by atoms with E-state index in [4.69, 9.17) is 5.11 Å². The number of aliphatic carboxylic acids is 1. The summed E-state index contributed by atoms with van der Waals surface area (Å²) < 4.78 is 41.9. The molecular weight excluding hydrogens is 291 g/mol. The van der Waals surface area contributed by atoms with Crippen LogP contribution in [0.15, 0.2) is 30.3 Å². The third kappa shape index (κ3) is 5.72. The van der Waals surface area contributed by atoms with E-state index < -0.39 is 30.7 Å². The monoisotopic (exact) mass is 305 g/mol. The van der Waals surface area contributed by atoms with Crippen molar-refractivity contribution in [1.29, 1.82) is 0 Å². The number of alkyl carbamates (subject to hydrolysis) is 1. The molecular formula is C13H14F3NO4. The number of benzene rings is 1. The van der Waals surface area contributed by atoms with Crippen LogP contribution in [0.2, 0.25) is 0 Å². The Labute approximate surface area is 118 Å². The van der Waals surface area contributed by atoms with E-state index in [2.05, 4.69) is 4.74 Å². The zero-order valence-corrected chi connectivity index (χ0v) is 10.8. The van der Waals surface area contributed by atoms with Gasteiger partial charge in [0, 0.05) is 6.42 Å². The number of hydrogen-bond acceptors (Lipinski definition) is 3. The highest BCUT2D eigenvalue weighted by molar-refractivity contribution is 5.80. The number of halogens is 3. The Kier molecular flexibility index (Phi) is 6.51. The third-order valence-corrected chi connectivity index (χ3v) is 2.57. The smallest absolute Gasteiger partial charge is 0.407 e. The molecule has 1 aromatic rings. The van der Waals surface area contributed by atoms with E-state index in [0.717, 1.165) is 5.56 Å². The molecule has 0 aromatic heterocycles. The summed E-state index contributed by atoms with van der Waals surface area (Å²) in [5.74, 6) is -1.90. The molecule has 0 aliphatic carbocycles. The first kappa shape index (κ1) is 16.8. The highest BCUT2D eigenvalue weighted by Crippen LogP contribution is 2.11. The number of carbonyl (C=O) groups is 2. The maximum absolute atomic E-state index is 13.0. The molecule has 0 saturated heterocycles. The summed E-state index contributed by atoms with van der Waals surface area (Å²) in [6.07, 6.45) is -7.43. The lowest BCUT2D eigenvalue weighted by molar-refractivity contribution is -0.143. The molecule has 2 unspecified atom stereocenters. The second kappa shape index (κ2) is 8.13. The van der Waals surface area contributed by atoms with E-state index in [-0.39, 0.29) is 6.61 Å². The lowest BCUT2D eigenvalue weighted by Gasteiger charge is -2.17. The molecule has 2 N–H and O–H groups in total. The molecule has 0 aliphatic heterocycles. The molecule has 0 heterocycles. The summed E-state index contributed by atoms with van der Waals surface area (Å²) in [7, 11) is 0. The van der Waals surface area contributed by atoms with Crippen molar-refractivity contribution in [1.82, 2.24) is 5.32 Å². The van der Waals surface area contributed by atoms with Gasteiger partial charge in [-0.1, -0.05) is 30.3 Å². The first-order valence-corrected chi connectivity index (χ1v) is 6.04. The van der Waals surface area contributed by atoms with E-state index in [1.165, 1.54) is 0 Å². The van der Waals surface area contributed by atoms with Crippen LogP contribution in [-0.4, -0.2) is 42.4 Å². The minimum Gasteiger partial charge on any atom is -0.480 e. The molecule has 0 radical (unpaired) electrons. The Balaban J connectivity index is 2.42. The molecule has 0 spiro atoms. The van der Waals surface area contributed by atoms with Gasteiger partial charge in [0.2, 0.25) is 0 Å². The van der Waals surface area contributed by atoms with Gasteiger partial charge in [-0.2, -0.15) is 0 Å². The van der Waals surface area contributed by atoms with Crippen LogP contribution < -0.4 is 5.32 Å². The zero-order valence-electron chi connectivity index (χ0n) is 10.8. The molecule has 1 aromatic carbocycles. The number of alkyl halides is 3. The predicted molar refractivity (Wildman–Crippen MR) is 67.0 cm³/mol. The number of carboxylic acids is 1. The number of hydrogen-bond donors (Lipinski definition) is 2. The van der Waals surface area contributed by atoms with Gasteiger partial charge < -0.3 is 15.2 Å². The normalized spacial score (nSPS) is 13.5. The van der Waals surface area contributed by atoms with Crippen molar-refractivity contribution in [3.63, 3.8) is 0 Å². The number of carbonyl (C=O) groups excluding carboxylic acids is 1. The van der Waals surface area contributed by atoms with E-state index in [9.17, 15) is 22.8 Å². The van der Waals surface area contributed by atoms with Crippen LogP contribution in [0.25, 0.3) is 0 Å². The molecule has 21 heavy (non-hydrogen) atoms. The highest BCUT2D eigenvalue weighted by atomic mass is 19.3. The van der Waals surface area contributed by atoms with Gasteiger partial charge in [0.05, 0.1) is 6.61 Å². The first-order valence-electron chi connectivity index (χ1n) is 6.04. The molecule has 0 fully saturated rings. The fourth-order valence-corrected chi connectivity index (χ4v) is 1.50. The van der Waals surface area contributed by atoms with Crippen molar-refractivity contribution in [3.8, 4) is 0 Å². The molecule has 1 rings (SSSR count). The number of nitrogens with one attached hydrogen (secondary N) is 1. The minimum absolute atomic E-state index is 0.0895. The summed E-state index contributed by atoms with van der Waals surface area (Å²) in [6, 6.07) is 6.60. The van der Waals surface area contributed by atoms with Crippen LogP contribution in [0.5, 0.6) is 0 Å². The summed E-state index contributed by atoms with van der Waals surface area (Å²) in [5.41, 5.74) is 0.871. The number of amides is 1. The molecule has 1 amide bonds. The largest absolute Gasteiger partial charge is 0.480 e. The Bertz CT molecular complexity index is 470. The molecule has 0 bridgehead atoms. The average Bonchev–Trinajstić information content (AvgIpc) is 2.44. The van der Waals surface area contributed by atoms with Gasteiger partial charge in [0.25, 0.3) is 6.43 Å². The predicted octanol–water partition coefficient (Wildman–Crippen LogP) is 2.01. The summed E-state index contributed by atoms with van der Waals surface area (Å²) in [5, 5.41) is 10.2. The van der Waals surface area contributed by atoms with Crippen molar-refractivity contribution in [2.45, 2.75) is 25.1 Å². The van der Waals surface area contributed by atoms with E-state index in [1.807, 2.05) is 0 Å². The van der Waals surface area contributed by atoms with Crippen molar-refractivity contribution in [2.75, 3.05) is 6.61 Å². The lowest BCUT2D eigenvalue weighted by Crippen LogP contribution is -2.49. The standard InChI is InChI=1S/C13H14F3NO4/c14-9(11(15)16)10(12(18)19)17-13(20)21-7-6-8-4-2-1-3-5-8/h1-5,9-11H,6-7H2,(H,17,20)(H,18,19). The number of ether oxygens (including phenoxy) is 1. The maximum atomic E-state index is 13.0. The van der Waals surface area contributed by atoms with Gasteiger partial charge in [-0.05, 0) is 5.56 Å². The summed E-state index contributed by atoms with van der Waals surface area (Å²) in [6.45, 7) is -0.0895. The zero-order chi connectivity index (χ0) is 15.8. The fraction of sp³-hybridized carbons (Fsp3) is 0.385. The SMILES string of the molecule is O=C(NC(C(=O)O)C(F)C(F)F)OCCc1ccccc1. The van der Waals surface area contributed by atoms with Crippen molar-refractivity contribution in [2.24, 2.45) is 0 Å². The second-order valence-electron chi connectivity index (χ2n) is 4.11. The van der Waals surface area contributed by atoms with Crippen LogP contribution in [0.4, 0.5) is 18.0 Å². The minimum atomic E-state index is -3.52. The van der Waals surface area contributed by atoms with E-state index >= 15 is 0 Å². The van der Waals surface area contributed by atoms with E-state index in [1.54, 1.807) is 35.6 Å². The number of carboxylic acid groups (broad SMARTS) is 1. The van der Waals surface area contributed by atoms with Crippen LogP contribution in [0.3, 0.4) is 0 Å². The molecule has 0 aliphatic rings. The lowest BCUT2D eigenvalue weighted by atomic mass is 10.2. The van der Waals surface area contributed by atoms with Crippen molar-refractivity contribution >= 4 is 12.1 Å². The van der Waals surface area contributed by atoms with Crippen LogP contribution >= 0.6 is 0 Å². The van der Waals surface area contributed by atoms with Gasteiger partial charge >= 0.3 is 12.1 Å². The topological polar surface area (TPSA) is 75.6 Å². The molecule has 2 atom stereocenters. The van der Waals surface area contributed by atoms with Crippen molar-refractivity contribution < 1.29 is 32.6 Å². The fourth-order valence-electron chi connectivity index (χ4n) is 1.50. The molecule has 5 nitrogen and oxygen atoms in total. The summed E-state index contributed by atoms with van der Waals surface area (Å²) in [4.78, 5) is 21.9. The van der Waals surface area contributed by atoms with Gasteiger partial charge in [0.15, 0.2) is 12.2 Å². The van der Waals surface area contributed by atoms with Gasteiger partial charge in [-0.25, -0.2) is 22.8 Å². The Hall–Kier alpha value is -2.25. The van der Waals surface area contributed by atoms with Gasteiger partial charge in [-0.15, -0.1) is 0 Å². The Morgan fingerprint density at radius 1 is 1.19 bits per heavy atom. The second-order valence-corrected chi connectivity index (χ2v) is 4.11. The molecule has 116 valence electrons. The molecule has 8 heteroatoms. The molecule has 0 saturated carbocycles. The van der Waals surface area contributed by atoms with E-state index in [0.29, 0.717) is 6.42 Å². The van der Waals surface area contributed by atoms with Crippen LogP contribution in [0, 0.1) is 0 Å². The Morgan fingerprint density at radius 3 is 2.33 bits per heavy atom. The third-order valence-electron chi connectivity index (χ3n) is 2.57. The Morgan fingerprint density at radius 2 is 1.81 bits per heavy atom. The van der Waals surface area contributed by atoms with Crippen LogP contribution in [-0.2, 0) is 16.0 Å². The quantitative estimate of drug-likeness (QED) is 0.808. The van der Waals surface area contributed by atoms with Crippen molar-refractivity contribution in [3.05, 3.63) is 35.9 Å². The van der Waals surface area contributed by atoms with Crippen LogP contribution in [0.1, 0.15) is 5.56 Å². The average molecular weight is 305 g/mol. The first-order chi connectivity index (χ1) is 9.91.